The Morgan fingerprint density at radius 1 is 1.03 bits per heavy atom. The Morgan fingerprint density at radius 3 is 2.43 bits per heavy atom. The van der Waals surface area contributed by atoms with E-state index in [1.165, 1.54) is 0 Å². The summed E-state index contributed by atoms with van der Waals surface area (Å²) >= 11 is 3.42. The number of hydrogen-bond donors (Lipinski definition) is 1. The molecule has 0 aliphatic heterocycles. The summed E-state index contributed by atoms with van der Waals surface area (Å²) in [7, 11) is 0. The van der Waals surface area contributed by atoms with E-state index in [1.807, 2.05) is 37.3 Å². The molecule has 0 saturated heterocycles. The van der Waals surface area contributed by atoms with Crippen molar-refractivity contribution in [3.05, 3.63) is 64.1 Å². The van der Waals surface area contributed by atoms with Crippen molar-refractivity contribution in [1.29, 1.82) is 0 Å². The van der Waals surface area contributed by atoms with Gasteiger partial charge >= 0.3 is 5.97 Å². The lowest BCUT2D eigenvalue weighted by Gasteiger charge is -2.28. The monoisotopic (exact) mass is 469 g/mol. The van der Waals surface area contributed by atoms with Crippen molar-refractivity contribution in [2.75, 3.05) is 11.9 Å². The molecule has 0 radical (unpaired) electrons. The number of halogens is 1. The summed E-state index contributed by atoms with van der Waals surface area (Å²) in [6.07, 6.45) is 2.79. The molecule has 0 aromatic heterocycles. The maximum Gasteiger partial charge on any atom is 0.310 e. The number of ether oxygens (including phenoxy) is 1. The number of carbonyl (C=O) groups is 3. The molecule has 5 nitrogen and oxygen atoms in total. The van der Waals surface area contributed by atoms with Crippen LogP contribution in [0.5, 0.6) is 0 Å². The predicted molar refractivity (Wildman–Crippen MR) is 117 cm³/mol. The SMILES string of the molecule is Cc1cc(NC(=O)COC(=O)[C@H]2[C@H]3CC[C@@H](C3)[C@H]2C(=O)c2ccccc2)ccc1Br. The molecule has 2 fully saturated rings. The molecular weight excluding hydrogens is 446 g/mol. The van der Waals surface area contributed by atoms with Gasteiger partial charge in [0.15, 0.2) is 12.4 Å². The molecule has 30 heavy (non-hydrogen) atoms. The summed E-state index contributed by atoms with van der Waals surface area (Å²) in [6.45, 7) is 1.58. The molecule has 0 heterocycles. The standard InChI is InChI=1S/C24H24BrNO4/c1-14-11-18(9-10-19(14)25)26-20(27)13-30-24(29)22-17-8-7-16(12-17)21(22)23(28)15-5-3-2-4-6-15/h2-6,9-11,16-17,21-22H,7-8,12-13H2,1H3,(H,26,27)/t16-,17-,21+,22-/m0/s1. The second-order valence-corrected chi connectivity index (χ2v) is 9.09. The molecule has 1 N–H and O–H groups in total. The van der Waals surface area contributed by atoms with Crippen molar-refractivity contribution in [3.8, 4) is 0 Å². The average Bonchev–Trinajstić information content (AvgIpc) is 3.36. The van der Waals surface area contributed by atoms with Crippen LogP contribution in [0.25, 0.3) is 0 Å². The number of amides is 1. The number of Topliss-reactive ketones (excluding diaryl/α,β-unsaturated/α-hetero) is 1. The highest BCUT2D eigenvalue weighted by molar-refractivity contribution is 9.10. The van der Waals surface area contributed by atoms with Gasteiger partial charge in [-0.2, -0.15) is 0 Å². The zero-order valence-electron chi connectivity index (χ0n) is 16.8. The number of rotatable bonds is 6. The normalized spacial score (nSPS) is 24.5. The molecule has 0 spiro atoms. The fraction of sp³-hybridized carbons (Fsp3) is 0.375. The molecule has 2 aromatic carbocycles. The van der Waals surface area contributed by atoms with Gasteiger partial charge in [0.2, 0.25) is 0 Å². The van der Waals surface area contributed by atoms with Crippen molar-refractivity contribution in [3.63, 3.8) is 0 Å². The van der Waals surface area contributed by atoms with Crippen LogP contribution in [0.3, 0.4) is 0 Å². The van der Waals surface area contributed by atoms with E-state index in [2.05, 4.69) is 21.2 Å². The van der Waals surface area contributed by atoms with E-state index in [0.29, 0.717) is 11.3 Å². The molecule has 2 aromatic rings. The molecule has 4 rings (SSSR count). The predicted octanol–water partition coefficient (Wildman–Crippen LogP) is 4.78. The van der Waals surface area contributed by atoms with Gasteiger partial charge in [-0.05, 0) is 61.8 Å². The summed E-state index contributed by atoms with van der Waals surface area (Å²) in [5.74, 6) is -1.23. The van der Waals surface area contributed by atoms with Gasteiger partial charge in [0.1, 0.15) is 0 Å². The molecule has 156 valence electrons. The minimum absolute atomic E-state index is 0.0135. The third-order valence-corrected chi connectivity index (χ3v) is 7.23. The summed E-state index contributed by atoms with van der Waals surface area (Å²) in [6, 6.07) is 14.6. The summed E-state index contributed by atoms with van der Waals surface area (Å²) < 4.78 is 6.33. The zero-order chi connectivity index (χ0) is 21.3. The van der Waals surface area contributed by atoms with E-state index in [0.717, 1.165) is 29.3 Å². The van der Waals surface area contributed by atoms with Crippen LogP contribution in [0.2, 0.25) is 0 Å². The molecule has 4 atom stereocenters. The lowest BCUT2D eigenvalue weighted by atomic mass is 9.75. The van der Waals surface area contributed by atoms with Crippen molar-refractivity contribution in [2.45, 2.75) is 26.2 Å². The highest BCUT2D eigenvalue weighted by Gasteiger charge is 2.54. The topological polar surface area (TPSA) is 72.5 Å². The van der Waals surface area contributed by atoms with Crippen LogP contribution in [-0.4, -0.2) is 24.3 Å². The van der Waals surface area contributed by atoms with Crippen LogP contribution in [0, 0.1) is 30.6 Å². The minimum atomic E-state index is -0.459. The van der Waals surface area contributed by atoms with Gasteiger partial charge in [0.25, 0.3) is 5.91 Å². The summed E-state index contributed by atoms with van der Waals surface area (Å²) in [4.78, 5) is 38.2. The van der Waals surface area contributed by atoms with Gasteiger partial charge < -0.3 is 10.1 Å². The third kappa shape index (κ3) is 4.19. The van der Waals surface area contributed by atoms with Crippen molar-refractivity contribution >= 4 is 39.3 Å². The number of aryl methyl sites for hydroxylation is 1. The molecule has 1 amide bonds. The largest absolute Gasteiger partial charge is 0.455 e. The lowest BCUT2D eigenvalue weighted by Crippen LogP contribution is -2.37. The first-order chi connectivity index (χ1) is 14.4. The average molecular weight is 470 g/mol. The Balaban J connectivity index is 1.39. The van der Waals surface area contributed by atoms with Crippen LogP contribution in [0.15, 0.2) is 53.0 Å². The number of nitrogens with one attached hydrogen (secondary N) is 1. The maximum absolute atomic E-state index is 13.1. The van der Waals surface area contributed by atoms with Crippen molar-refractivity contribution in [2.24, 2.45) is 23.7 Å². The minimum Gasteiger partial charge on any atom is -0.455 e. The number of fused-ring (bicyclic) bond motifs is 2. The maximum atomic E-state index is 13.1. The zero-order valence-corrected chi connectivity index (χ0v) is 18.4. The molecular formula is C24H24BrNO4. The molecule has 2 aliphatic carbocycles. The van der Waals surface area contributed by atoms with Crippen molar-refractivity contribution < 1.29 is 19.1 Å². The van der Waals surface area contributed by atoms with E-state index in [9.17, 15) is 14.4 Å². The Morgan fingerprint density at radius 2 is 1.73 bits per heavy atom. The molecule has 0 unspecified atom stereocenters. The Bertz CT molecular complexity index is 974. The fourth-order valence-electron chi connectivity index (χ4n) is 4.96. The van der Waals surface area contributed by atoms with E-state index >= 15 is 0 Å². The molecule has 2 aliphatic rings. The first-order valence-corrected chi connectivity index (χ1v) is 11.0. The lowest BCUT2D eigenvalue weighted by molar-refractivity contribution is -0.154. The molecule has 2 bridgehead atoms. The van der Waals surface area contributed by atoms with Crippen LogP contribution >= 0.6 is 15.9 Å². The molecule has 6 heteroatoms. The van der Waals surface area contributed by atoms with Crippen LogP contribution < -0.4 is 5.32 Å². The number of esters is 1. The van der Waals surface area contributed by atoms with Gasteiger partial charge in [-0.1, -0.05) is 46.3 Å². The number of hydrogen-bond acceptors (Lipinski definition) is 4. The highest BCUT2D eigenvalue weighted by atomic mass is 79.9. The summed E-state index contributed by atoms with van der Waals surface area (Å²) in [5, 5.41) is 2.75. The van der Waals surface area contributed by atoms with Gasteiger partial charge in [-0.25, -0.2) is 0 Å². The highest BCUT2D eigenvalue weighted by Crippen LogP contribution is 2.53. The smallest absolute Gasteiger partial charge is 0.310 e. The Labute approximate surface area is 184 Å². The van der Waals surface area contributed by atoms with Gasteiger partial charge in [-0.3, -0.25) is 14.4 Å². The van der Waals surface area contributed by atoms with E-state index < -0.39 is 11.9 Å². The third-order valence-electron chi connectivity index (χ3n) is 6.34. The van der Waals surface area contributed by atoms with E-state index in [4.69, 9.17) is 4.74 Å². The number of ketones is 1. The second kappa shape index (κ2) is 8.72. The Hall–Kier alpha value is -2.47. The second-order valence-electron chi connectivity index (χ2n) is 8.23. The molecule has 2 saturated carbocycles. The first-order valence-electron chi connectivity index (χ1n) is 10.3. The Kier molecular flexibility index (Phi) is 6.04. The van der Waals surface area contributed by atoms with Crippen LogP contribution in [0.1, 0.15) is 35.2 Å². The number of benzene rings is 2. The quantitative estimate of drug-likeness (QED) is 0.487. The van der Waals surface area contributed by atoms with Gasteiger partial charge in [0, 0.05) is 21.6 Å². The van der Waals surface area contributed by atoms with E-state index in [1.54, 1.807) is 18.2 Å². The van der Waals surface area contributed by atoms with Crippen LogP contribution in [-0.2, 0) is 14.3 Å². The first kappa shape index (κ1) is 20.8. The fourth-order valence-corrected chi connectivity index (χ4v) is 5.20. The van der Waals surface area contributed by atoms with Gasteiger partial charge in [0.05, 0.1) is 5.92 Å². The number of anilines is 1. The van der Waals surface area contributed by atoms with E-state index in [-0.39, 0.29) is 36.1 Å². The van der Waals surface area contributed by atoms with Crippen molar-refractivity contribution in [1.82, 2.24) is 0 Å². The number of carbonyl (C=O) groups excluding carboxylic acids is 3. The van der Waals surface area contributed by atoms with Crippen LogP contribution in [0.4, 0.5) is 5.69 Å². The summed E-state index contributed by atoms with van der Waals surface area (Å²) in [5.41, 5.74) is 2.28. The van der Waals surface area contributed by atoms with Gasteiger partial charge in [-0.15, -0.1) is 0 Å².